The first-order chi connectivity index (χ1) is 11.6. The van der Waals surface area contributed by atoms with Gasteiger partial charge in [0.2, 0.25) is 0 Å². The molecule has 5 heteroatoms. The topological polar surface area (TPSA) is 64.6 Å². The van der Waals surface area contributed by atoms with Crippen LogP contribution in [0.2, 0.25) is 0 Å². The van der Waals surface area contributed by atoms with Gasteiger partial charge in [-0.1, -0.05) is 42.8 Å². The summed E-state index contributed by atoms with van der Waals surface area (Å²) in [4.78, 5) is 23.4. The van der Waals surface area contributed by atoms with Crippen LogP contribution in [0.1, 0.15) is 18.1 Å². The van der Waals surface area contributed by atoms with Crippen molar-refractivity contribution in [2.45, 2.75) is 20.3 Å². The molecule has 0 heterocycles. The highest BCUT2D eigenvalue weighted by Crippen LogP contribution is 2.18. The zero-order valence-electron chi connectivity index (χ0n) is 13.9. The number of benzene rings is 2. The Kier molecular flexibility index (Phi) is 6.37. The quantitative estimate of drug-likeness (QED) is 0.794. The SMILES string of the molecule is CCc1ccccc1OCC(=O)OCC(=O)Nc1ccc(C)cc1. The second-order valence-electron chi connectivity index (χ2n) is 5.32. The Morgan fingerprint density at radius 1 is 1.00 bits per heavy atom. The number of rotatable bonds is 7. The number of nitrogens with one attached hydrogen (secondary N) is 1. The molecule has 0 aliphatic rings. The molecule has 2 aromatic carbocycles. The molecule has 0 radical (unpaired) electrons. The Bertz CT molecular complexity index is 695. The van der Waals surface area contributed by atoms with Crippen LogP contribution >= 0.6 is 0 Å². The maximum atomic E-state index is 11.7. The fraction of sp³-hybridized carbons (Fsp3) is 0.263. The number of amides is 1. The molecule has 1 amide bonds. The molecular weight excluding hydrogens is 306 g/mol. The van der Waals surface area contributed by atoms with Crippen molar-refractivity contribution in [2.75, 3.05) is 18.5 Å². The summed E-state index contributed by atoms with van der Waals surface area (Å²) in [5.74, 6) is -0.317. The number of esters is 1. The lowest BCUT2D eigenvalue weighted by Crippen LogP contribution is -2.23. The van der Waals surface area contributed by atoms with E-state index >= 15 is 0 Å². The standard InChI is InChI=1S/C19H21NO4/c1-3-15-6-4-5-7-17(15)23-13-19(22)24-12-18(21)20-16-10-8-14(2)9-11-16/h4-11H,3,12-13H2,1-2H3,(H,20,21). The van der Waals surface area contributed by atoms with Gasteiger partial charge in [-0.05, 0) is 37.1 Å². The van der Waals surface area contributed by atoms with Gasteiger partial charge in [-0.25, -0.2) is 4.79 Å². The van der Waals surface area contributed by atoms with Gasteiger partial charge in [0, 0.05) is 5.69 Å². The van der Waals surface area contributed by atoms with Crippen LogP contribution in [-0.2, 0) is 20.7 Å². The first kappa shape index (κ1) is 17.5. The van der Waals surface area contributed by atoms with Crippen molar-refractivity contribution in [1.82, 2.24) is 0 Å². The van der Waals surface area contributed by atoms with Gasteiger partial charge in [-0.2, -0.15) is 0 Å². The van der Waals surface area contributed by atoms with E-state index in [0.29, 0.717) is 11.4 Å². The predicted octanol–water partition coefficient (Wildman–Crippen LogP) is 3.12. The van der Waals surface area contributed by atoms with Crippen LogP contribution in [0.15, 0.2) is 48.5 Å². The highest BCUT2D eigenvalue weighted by molar-refractivity contribution is 5.92. The molecule has 2 rings (SSSR count). The van der Waals surface area contributed by atoms with E-state index in [1.54, 1.807) is 18.2 Å². The third-order valence-corrected chi connectivity index (χ3v) is 3.40. The minimum Gasteiger partial charge on any atom is -0.482 e. The van der Waals surface area contributed by atoms with Gasteiger partial charge >= 0.3 is 5.97 Å². The second-order valence-corrected chi connectivity index (χ2v) is 5.32. The molecule has 0 bridgehead atoms. The van der Waals surface area contributed by atoms with E-state index < -0.39 is 5.97 Å². The van der Waals surface area contributed by atoms with Crippen LogP contribution < -0.4 is 10.1 Å². The average Bonchev–Trinajstić information content (AvgIpc) is 2.60. The summed E-state index contributed by atoms with van der Waals surface area (Å²) in [5.41, 5.74) is 2.78. The van der Waals surface area contributed by atoms with Crippen molar-refractivity contribution in [3.63, 3.8) is 0 Å². The zero-order valence-corrected chi connectivity index (χ0v) is 13.9. The van der Waals surface area contributed by atoms with Gasteiger partial charge in [0.1, 0.15) is 5.75 Å². The molecule has 0 aliphatic heterocycles. The fourth-order valence-electron chi connectivity index (χ4n) is 2.10. The van der Waals surface area contributed by atoms with E-state index in [9.17, 15) is 9.59 Å². The number of para-hydroxylation sites is 1. The summed E-state index contributed by atoms with van der Waals surface area (Å²) < 4.78 is 10.4. The minimum atomic E-state index is -0.583. The lowest BCUT2D eigenvalue weighted by Gasteiger charge is -2.10. The van der Waals surface area contributed by atoms with E-state index in [4.69, 9.17) is 9.47 Å². The number of hydrogen-bond acceptors (Lipinski definition) is 4. The zero-order chi connectivity index (χ0) is 17.4. The second kappa shape index (κ2) is 8.72. The van der Waals surface area contributed by atoms with Gasteiger partial charge in [0.25, 0.3) is 5.91 Å². The van der Waals surface area contributed by atoms with Crippen molar-refractivity contribution >= 4 is 17.6 Å². The molecular formula is C19H21NO4. The van der Waals surface area contributed by atoms with Crippen molar-refractivity contribution in [3.8, 4) is 5.75 Å². The third kappa shape index (κ3) is 5.43. The van der Waals surface area contributed by atoms with Gasteiger partial charge < -0.3 is 14.8 Å². The van der Waals surface area contributed by atoms with Crippen LogP contribution in [0.25, 0.3) is 0 Å². The molecule has 0 atom stereocenters. The Morgan fingerprint density at radius 2 is 1.71 bits per heavy atom. The lowest BCUT2D eigenvalue weighted by atomic mass is 10.1. The highest BCUT2D eigenvalue weighted by Gasteiger charge is 2.10. The molecule has 0 aromatic heterocycles. The van der Waals surface area contributed by atoms with Crippen molar-refractivity contribution in [2.24, 2.45) is 0 Å². The molecule has 0 saturated carbocycles. The molecule has 2 aromatic rings. The number of aryl methyl sites for hydroxylation is 2. The molecule has 1 N–H and O–H groups in total. The Hall–Kier alpha value is -2.82. The van der Waals surface area contributed by atoms with Crippen LogP contribution in [0, 0.1) is 6.92 Å². The van der Waals surface area contributed by atoms with Gasteiger partial charge in [-0.15, -0.1) is 0 Å². The third-order valence-electron chi connectivity index (χ3n) is 3.40. The van der Waals surface area contributed by atoms with E-state index in [2.05, 4.69) is 5.32 Å². The number of hydrogen-bond donors (Lipinski definition) is 1. The smallest absolute Gasteiger partial charge is 0.344 e. The molecule has 0 unspecified atom stereocenters. The lowest BCUT2D eigenvalue weighted by molar-refractivity contribution is -0.149. The largest absolute Gasteiger partial charge is 0.482 e. The summed E-state index contributed by atoms with van der Waals surface area (Å²) in [7, 11) is 0. The fourth-order valence-corrected chi connectivity index (χ4v) is 2.10. The van der Waals surface area contributed by atoms with Crippen LogP contribution in [0.4, 0.5) is 5.69 Å². The molecule has 24 heavy (non-hydrogen) atoms. The van der Waals surface area contributed by atoms with E-state index in [1.165, 1.54) is 0 Å². The summed E-state index contributed by atoms with van der Waals surface area (Å²) in [5, 5.41) is 2.66. The Labute approximate surface area is 141 Å². The Balaban J connectivity index is 1.74. The summed E-state index contributed by atoms with van der Waals surface area (Å²) in [6.45, 7) is 3.40. The molecule has 5 nitrogen and oxygen atoms in total. The monoisotopic (exact) mass is 327 g/mol. The first-order valence-corrected chi connectivity index (χ1v) is 7.81. The molecule has 0 fully saturated rings. The molecule has 126 valence electrons. The maximum absolute atomic E-state index is 11.7. The van der Waals surface area contributed by atoms with Crippen molar-refractivity contribution in [1.29, 1.82) is 0 Å². The predicted molar refractivity (Wildman–Crippen MR) is 92.1 cm³/mol. The van der Waals surface area contributed by atoms with Gasteiger partial charge in [0.05, 0.1) is 0 Å². The average molecular weight is 327 g/mol. The van der Waals surface area contributed by atoms with E-state index in [1.807, 2.05) is 44.2 Å². The summed E-state index contributed by atoms with van der Waals surface area (Å²) >= 11 is 0. The summed E-state index contributed by atoms with van der Waals surface area (Å²) in [6, 6.07) is 14.9. The van der Waals surface area contributed by atoms with Gasteiger partial charge in [0.15, 0.2) is 13.2 Å². The highest BCUT2D eigenvalue weighted by atomic mass is 16.6. The first-order valence-electron chi connectivity index (χ1n) is 7.81. The minimum absolute atomic E-state index is 0.227. The van der Waals surface area contributed by atoms with Crippen molar-refractivity contribution < 1.29 is 19.1 Å². The van der Waals surface area contributed by atoms with Crippen LogP contribution in [0.3, 0.4) is 0 Å². The number of anilines is 1. The number of ether oxygens (including phenoxy) is 2. The van der Waals surface area contributed by atoms with E-state index in [-0.39, 0.29) is 19.1 Å². The van der Waals surface area contributed by atoms with Crippen molar-refractivity contribution in [3.05, 3.63) is 59.7 Å². The van der Waals surface area contributed by atoms with Gasteiger partial charge in [-0.3, -0.25) is 4.79 Å². The molecule has 0 aliphatic carbocycles. The normalized spacial score (nSPS) is 10.1. The maximum Gasteiger partial charge on any atom is 0.344 e. The summed E-state index contributed by atoms with van der Waals surface area (Å²) in [6.07, 6.45) is 0.810. The number of carbonyl (C=O) groups excluding carboxylic acids is 2. The van der Waals surface area contributed by atoms with Crippen LogP contribution in [-0.4, -0.2) is 25.1 Å². The number of carbonyl (C=O) groups is 2. The van der Waals surface area contributed by atoms with Crippen LogP contribution in [0.5, 0.6) is 5.75 Å². The molecule has 0 spiro atoms. The Morgan fingerprint density at radius 3 is 2.42 bits per heavy atom. The van der Waals surface area contributed by atoms with E-state index in [0.717, 1.165) is 17.5 Å². The molecule has 0 saturated heterocycles.